The van der Waals surface area contributed by atoms with Gasteiger partial charge in [-0.2, -0.15) is 0 Å². The van der Waals surface area contributed by atoms with E-state index in [2.05, 4.69) is 23.9 Å². The van der Waals surface area contributed by atoms with Crippen LogP contribution >= 0.6 is 0 Å². The Morgan fingerprint density at radius 2 is 1.86 bits per heavy atom. The number of aliphatic hydroxyl groups is 1. The van der Waals surface area contributed by atoms with Gasteiger partial charge in [0, 0.05) is 24.7 Å². The molecule has 4 N–H and O–H groups in total. The van der Waals surface area contributed by atoms with Crippen LogP contribution in [0, 0.1) is 5.41 Å². The van der Waals surface area contributed by atoms with Crippen LogP contribution in [0.3, 0.4) is 0 Å². The normalized spacial score (nSPS) is 12.6. The minimum Gasteiger partial charge on any atom is -0.390 e. The van der Waals surface area contributed by atoms with Gasteiger partial charge < -0.3 is 20.3 Å². The molecular formula is C22H39N5O2. The third-order valence-electron chi connectivity index (χ3n) is 4.73. The molecule has 1 heterocycles. The van der Waals surface area contributed by atoms with E-state index in [1.54, 1.807) is 0 Å². The SMILES string of the molecule is CC(N)CCCC(C)(C)O.CCN(CC)CCn1c(-c2ccccc2)noc1=N. The maximum atomic E-state index is 9.29. The van der Waals surface area contributed by atoms with Gasteiger partial charge >= 0.3 is 5.68 Å². The van der Waals surface area contributed by atoms with Crippen LogP contribution < -0.4 is 11.4 Å². The minimum atomic E-state index is -0.519. The van der Waals surface area contributed by atoms with Gasteiger partial charge in [-0.3, -0.25) is 4.57 Å². The van der Waals surface area contributed by atoms with Gasteiger partial charge in [0.1, 0.15) is 0 Å². The van der Waals surface area contributed by atoms with Gasteiger partial charge in [0.25, 0.3) is 0 Å². The highest BCUT2D eigenvalue weighted by atomic mass is 16.5. The Morgan fingerprint density at radius 1 is 1.24 bits per heavy atom. The molecule has 0 bridgehead atoms. The maximum Gasteiger partial charge on any atom is 0.320 e. The Balaban J connectivity index is 0.000000359. The fraction of sp³-hybridized carbons (Fsp3) is 0.636. The second-order valence-corrected chi connectivity index (χ2v) is 8.04. The number of hydrogen-bond acceptors (Lipinski definition) is 6. The lowest BCUT2D eigenvalue weighted by Crippen LogP contribution is -2.29. The predicted octanol–water partition coefficient (Wildman–Crippen LogP) is 3.24. The standard InChI is InChI=1S/C14H20N4O.C8H19NO/c1-3-17(4-2)10-11-18-13(16-19-14(18)15)12-8-6-5-7-9-12;1-7(9)5-4-6-8(2,3)10/h5-9,15H,3-4,10-11H2,1-2H3;7,10H,4-6,9H2,1-3H3. The van der Waals surface area contributed by atoms with Crippen molar-refractivity contribution in [1.29, 1.82) is 5.41 Å². The van der Waals surface area contributed by atoms with Crippen LogP contribution in [0.15, 0.2) is 34.9 Å². The molecule has 29 heavy (non-hydrogen) atoms. The van der Waals surface area contributed by atoms with Gasteiger partial charge in [-0.15, -0.1) is 0 Å². The molecular weight excluding hydrogens is 366 g/mol. The summed E-state index contributed by atoms with van der Waals surface area (Å²) in [6, 6.07) is 10.1. The molecule has 0 fully saturated rings. The van der Waals surface area contributed by atoms with Crippen LogP contribution in [0.2, 0.25) is 0 Å². The van der Waals surface area contributed by atoms with E-state index in [0.29, 0.717) is 6.54 Å². The summed E-state index contributed by atoms with van der Waals surface area (Å²) < 4.78 is 6.82. The molecule has 1 atom stereocenters. The van der Waals surface area contributed by atoms with Crippen molar-refractivity contribution in [3.05, 3.63) is 36.0 Å². The smallest absolute Gasteiger partial charge is 0.320 e. The van der Waals surface area contributed by atoms with E-state index in [0.717, 1.165) is 50.3 Å². The van der Waals surface area contributed by atoms with Crippen molar-refractivity contribution in [3.63, 3.8) is 0 Å². The topological polar surface area (TPSA) is 104 Å². The highest BCUT2D eigenvalue weighted by Gasteiger charge is 2.12. The molecule has 164 valence electrons. The van der Waals surface area contributed by atoms with E-state index in [4.69, 9.17) is 15.7 Å². The van der Waals surface area contributed by atoms with Gasteiger partial charge in [-0.1, -0.05) is 49.3 Å². The molecule has 0 saturated carbocycles. The molecule has 2 aromatic rings. The first-order chi connectivity index (χ1) is 13.7. The van der Waals surface area contributed by atoms with Crippen LogP contribution in [0.1, 0.15) is 53.9 Å². The summed E-state index contributed by atoms with van der Waals surface area (Å²) in [4.78, 5) is 2.31. The number of hydrogen-bond donors (Lipinski definition) is 3. The number of rotatable bonds is 10. The van der Waals surface area contributed by atoms with Crippen LogP contribution in [-0.4, -0.2) is 51.0 Å². The molecule has 1 aromatic heterocycles. The molecule has 0 saturated heterocycles. The average Bonchev–Trinajstić information content (AvgIpc) is 3.03. The summed E-state index contributed by atoms with van der Waals surface area (Å²) in [5.74, 6) is 0.720. The molecule has 0 aliphatic rings. The largest absolute Gasteiger partial charge is 0.390 e. The van der Waals surface area contributed by atoms with Crippen LogP contribution in [0.25, 0.3) is 11.4 Å². The summed E-state index contributed by atoms with van der Waals surface area (Å²) in [5.41, 5.74) is 6.10. The average molecular weight is 406 g/mol. The fourth-order valence-electron chi connectivity index (χ4n) is 2.92. The zero-order valence-electron chi connectivity index (χ0n) is 18.7. The first-order valence-electron chi connectivity index (χ1n) is 10.5. The van der Waals surface area contributed by atoms with Crippen molar-refractivity contribution in [3.8, 4) is 11.4 Å². The number of likely N-dealkylation sites (N-methyl/N-ethyl adjacent to an activating group) is 1. The fourth-order valence-corrected chi connectivity index (χ4v) is 2.92. The number of benzene rings is 1. The van der Waals surface area contributed by atoms with Crippen molar-refractivity contribution in [1.82, 2.24) is 14.6 Å². The zero-order valence-corrected chi connectivity index (χ0v) is 18.7. The third-order valence-corrected chi connectivity index (χ3v) is 4.73. The molecule has 0 radical (unpaired) electrons. The summed E-state index contributed by atoms with van der Waals surface area (Å²) >= 11 is 0. The Labute approximate surface area is 175 Å². The number of aromatic nitrogens is 2. The third kappa shape index (κ3) is 9.87. The molecule has 2 rings (SSSR count). The molecule has 0 spiro atoms. The second-order valence-electron chi connectivity index (χ2n) is 8.04. The van der Waals surface area contributed by atoms with Crippen molar-refractivity contribution < 1.29 is 9.63 Å². The summed E-state index contributed by atoms with van der Waals surface area (Å²) in [6.07, 6.45) is 2.86. The number of nitrogens with two attached hydrogens (primary N) is 1. The lowest BCUT2D eigenvalue weighted by Gasteiger charge is -2.18. The summed E-state index contributed by atoms with van der Waals surface area (Å²) in [6.45, 7) is 13.6. The van der Waals surface area contributed by atoms with E-state index in [9.17, 15) is 5.11 Å². The Kier molecular flexibility index (Phi) is 10.9. The lowest BCUT2D eigenvalue weighted by molar-refractivity contribution is 0.0678. The van der Waals surface area contributed by atoms with Gasteiger partial charge in [0.2, 0.25) is 0 Å². The number of nitrogens with one attached hydrogen (secondary N) is 1. The second kappa shape index (κ2) is 12.6. The highest BCUT2D eigenvalue weighted by molar-refractivity contribution is 5.54. The van der Waals surface area contributed by atoms with E-state index in [1.807, 2.05) is 55.7 Å². The van der Waals surface area contributed by atoms with Gasteiger partial charge in [-0.25, -0.2) is 5.41 Å². The van der Waals surface area contributed by atoms with E-state index in [-0.39, 0.29) is 11.7 Å². The van der Waals surface area contributed by atoms with Gasteiger partial charge in [0.05, 0.1) is 5.60 Å². The molecule has 1 unspecified atom stereocenters. The molecule has 0 amide bonds. The van der Waals surface area contributed by atoms with Gasteiger partial charge in [-0.05, 0) is 53.1 Å². The first kappa shape index (κ1) is 25.1. The Bertz CT molecular complexity index is 728. The van der Waals surface area contributed by atoms with Crippen molar-refractivity contribution >= 4 is 0 Å². The zero-order chi connectivity index (χ0) is 21.9. The first-order valence-corrected chi connectivity index (χ1v) is 10.5. The maximum absolute atomic E-state index is 9.29. The lowest BCUT2D eigenvalue weighted by atomic mass is 10.0. The van der Waals surface area contributed by atoms with Gasteiger partial charge in [0.15, 0.2) is 5.82 Å². The quantitative estimate of drug-likeness (QED) is 0.563. The van der Waals surface area contributed by atoms with E-state index in [1.165, 1.54) is 0 Å². The van der Waals surface area contributed by atoms with Crippen LogP contribution in [0.5, 0.6) is 0 Å². The molecule has 7 nitrogen and oxygen atoms in total. The molecule has 1 aromatic carbocycles. The van der Waals surface area contributed by atoms with Crippen molar-refractivity contribution in [2.45, 2.75) is 72.1 Å². The monoisotopic (exact) mass is 405 g/mol. The van der Waals surface area contributed by atoms with Crippen LogP contribution in [0.4, 0.5) is 0 Å². The van der Waals surface area contributed by atoms with Crippen molar-refractivity contribution in [2.75, 3.05) is 19.6 Å². The molecule has 0 aliphatic carbocycles. The van der Waals surface area contributed by atoms with E-state index < -0.39 is 5.60 Å². The Hall–Kier alpha value is -1.96. The van der Waals surface area contributed by atoms with Crippen molar-refractivity contribution in [2.24, 2.45) is 5.73 Å². The Morgan fingerprint density at radius 3 is 2.38 bits per heavy atom. The molecule has 7 heteroatoms. The van der Waals surface area contributed by atoms with Crippen LogP contribution in [-0.2, 0) is 6.54 Å². The summed E-state index contributed by atoms with van der Waals surface area (Å²) in [5, 5.41) is 21.1. The van der Waals surface area contributed by atoms with E-state index >= 15 is 0 Å². The minimum absolute atomic E-state index is 0.103. The highest BCUT2D eigenvalue weighted by Crippen LogP contribution is 2.15. The number of nitrogens with zero attached hydrogens (tertiary/aromatic N) is 3. The molecule has 0 aliphatic heterocycles. The summed E-state index contributed by atoms with van der Waals surface area (Å²) in [7, 11) is 0. The predicted molar refractivity (Wildman–Crippen MR) is 117 cm³/mol.